The Labute approximate surface area is 148 Å². The molecule has 2 heterocycles. The van der Waals surface area contributed by atoms with Gasteiger partial charge in [-0.1, -0.05) is 11.6 Å². The second-order valence-corrected chi connectivity index (χ2v) is 7.99. The maximum atomic E-state index is 11.9. The molecule has 0 aliphatic carbocycles. The Balaban J connectivity index is 1.71. The largest absolute Gasteiger partial charge is 0.482 e. The van der Waals surface area contributed by atoms with Gasteiger partial charge in [0.15, 0.2) is 16.4 Å². The standard InChI is InChI=1S/C16H14ClNO6S/c1-9-4-16(20)24-13-6-14(12(17)5-11(9)13)23-7-15(19)18-10-2-3-25(21,22)8-10/h2-6,10H,7-8H2,1H3,(H,18,19). The molecule has 7 nitrogen and oxygen atoms in total. The van der Waals surface area contributed by atoms with Crippen molar-refractivity contribution in [1.29, 1.82) is 0 Å². The van der Waals surface area contributed by atoms with Crippen LogP contribution in [0.15, 0.2) is 38.9 Å². The van der Waals surface area contributed by atoms with Gasteiger partial charge in [-0.3, -0.25) is 4.79 Å². The summed E-state index contributed by atoms with van der Waals surface area (Å²) in [6.07, 6.45) is 1.41. The monoisotopic (exact) mass is 383 g/mol. The van der Waals surface area contributed by atoms with Crippen LogP contribution in [0.1, 0.15) is 5.56 Å². The van der Waals surface area contributed by atoms with E-state index in [1.54, 1.807) is 13.0 Å². The van der Waals surface area contributed by atoms with Gasteiger partial charge in [-0.25, -0.2) is 13.2 Å². The zero-order chi connectivity index (χ0) is 18.2. The molecular formula is C16H14ClNO6S. The molecule has 25 heavy (non-hydrogen) atoms. The van der Waals surface area contributed by atoms with Gasteiger partial charge in [0, 0.05) is 22.9 Å². The zero-order valence-electron chi connectivity index (χ0n) is 13.1. The van der Waals surface area contributed by atoms with E-state index in [1.807, 2.05) is 0 Å². The number of aryl methyl sites for hydroxylation is 1. The molecule has 3 rings (SSSR count). The number of sulfone groups is 1. The number of carbonyl (C=O) groups is 1. The number of amides is 1. The van der Waals surface area contributed by atoms with Crippen LogP contribution in [0.5, 0.6) is 5.75 Å². The third kappa shape index (κ3) is 4.02. The summed E-state index contributed by atoms with van der Waals surface area (Å²) in [5, 5.41) is 4.54. The Bertz CT molecular complexity index is 1040. The van der Waals surface area contributed by atoms with Crippen molar-refractivity contribution in [2.75, 3.05) is 12.4 Å². The van der Waals surface area contributed by atoms with Gasteiger partial charge in [-0.15, -0.1) is 0 Å². The van der Waals surface area contributed by atoms with Crippen molar-refractivity contribution in [1.82, 2.24) is 5.32 Å². The van der Waals surface area contributed by atoms with Crippen molar-refractivity contribution in [3.8, 4) is 5.75 Å². The second kappa shape index (κ2) is 6.53. The number of rotatable bonds is 4. The minimum atomic E-state index is -3.25. The summed E-state index contributed by atoms with van der Waals surface area (Å²) in [6, 6.07) is 3.82. The third-order valence-electron chi connectivity index (χ3n) is 3.64. The highest BCUT2D eigenvalue weighted by molar-refractivity contribution is 7.94. The molecule has 0 spiro atoms. The fourth-order valence-corrected chi connectivity index (χ4v) is 3.94. The molecule has 1 unspecified atom stereocenters. The highest BCUT2D eigenvalue weighted by Gasteiger charge is 2.23. The summed E-state index contributed by atoms with van der Waals surface area (Å²) in [6.45, 7) is 1.40. The number of hydrogen-bond acceptors (Lipinski definition) is 6. The smallest absolute Gasteiger partial charge is 0.336 e. The SMILES string of the molecule is Cc1cc(=O)oc2cc(OCC(=O)NC3C=CS(=O)(=O)C3)c(Cl)cc12. The molecule has 9 heteroatoms. The molecule has 1 aromatic heterocycles. The van der Waals surface area contributed by atoms with E-state index in [4.69, 9.17) is 20.8 Å². The summed E-state index contributed by atoms with van der Waals surface area (Å²) in [7, 11) is -3.25. The number of carbonyl (C=O) groups excluding carboxylic acids is 1. The van der Waals surface area contributed by atoms with E-state index >= 15 is 0 Å². The van der Waals surface area contributed by atoms with Crippen LogP contribution in [-0.2, 0) is 14.6 Å². The van der Waals surface area contributed by atoms with Crippen LogP contribution >= 0.6 is 11.6 Å². The minimum Gasteiger partial charge on any atom is -0.482 e. The average molecular weight is 384 g/mol. The van der Waals surface area contributed by atoms with Crippen LogP contribution in [0, 0.1) is 6.92 Å². The molecule has 0 bridgehead atoms. The van der Waals surface area contributed by atoms with Gasteiger partial charge >= 0.3 is 5.63 Å². The van der Waals surface area contributed by atoms with Crippen LogP contribution < -0.4 is 15.7 Å². The fourth-order valence-electron chi connectivity index (χ4n) is 2.49. The molecule has 1 aliphatic rings. The minimum absolute atomic E-state index is 0.167. The number of nitrogens with one attached hydrogen (secondary N) is 1. The van der Waals surface area contributed by atoms with E-state index in [2.05, 4.69) is 5.32 Å². The quantitative estimate of drug-likeness (QED) is 0.804. The molecule has 1 aromatic carbocycles. The van der Waals surface area contributed by atoms with Crippen molar-refractivity contribution >= 4 is 38.3 Å². The molecule has 132 valence electrons. The Hall–Kier alpha value is -2.32. The number of fused-ring (bicyclic) bond motifs is 1. The van der Waals surface area contributed by atoms with Crippen molar-refractivity contribution in [3.05, 3.63) is 50.7 Å². The Morgan fingerprint density at radius 3 is 2.84 bits per heavy atom. The highest BCUT2D eigenvalue weighted by atomic mass is 35.5. The van der Waals surface area contributed by atoms with Crippen LogP contribution in [0.25, 0.3) is 11.0 Å². The summed E-state index contributed by atoms with van der Waals surface area (Å²) in [4.78, 5) is 23.3. The van der Waals surface area contributed by atoms with Crippen molar-refractivity contribution in [2.45, 2.75) is 13.0 Å². The van der Waals surface area contributed by atoms with E-state index in [9.17, 15) is 18.0 Å². The molecule has 0 radical (unpaired) electrons. The second-order valence-electron chi connectivity index (χ2n) is 5.65. The highest BCUT2D eigenvalue weighted by Crippen LogP contribution is 2.30. The van der Waals surface area contributed by atoms with Gasteiger partial charge in [-0.2, -0.15) is 0 Å². The number of halogens is 1. The van der Waals surface area contributed by atoms with E-state index in [1.165, 1.54) is 18.2 Å². The van der Waals surface area contributed by atoms with E-state index in [0.717, 1.165) is 5.41 Å². The lowest BCUT2D eigenvalue weighted by molar-refractivity contribution is -0.123. The van der Waals surface area contributed by atoms with Gasteiger partial charge in [0.1, 0.15) is 11.3 Å². The van der Waals surface area contributed by atoms with Crippen LogP contribution in [0.4, 0.5) is 0 Å². The molecule has 2 aromatic rings. The van der Waals surface area contributed by atoms with Gasteiger partial charge in [0.05, 0.1) is 16.8 Å². The molecule has 1 N–H and O–H groups in total. The summed E-state index contributed by atoms with van der Waals surface area (Å²) >= 11 is 6.14. The molecule has 0 saturated carbocycles. The predicted molar refractivity (Wildman–Crippen MR) is 92.6 cm³/mol. The lowest BCUT2D eigenvalue weighted by atomic mass is 10.1. The first-order valence-corrected chi connectivity index (χ1v) is 9.40. The number of hydrogen-bond donors (Lipinski definition) is 1. The number of ether oxygens (including phenoxy) is 1. The molecule has 1 aliphatic heterocycles. The zero-order valence-corrected chi connectivity index (χ0v) is 14.7. The van der Waals surface area contributed by atoms with Gasteiger partial charge in [0.2, 0.25) is 0 Å². The Morgan fingerprint density at radius 2 is 2.16 bits per heavy atom. The van der Waals surface area contributed by atoms with Gasteiger partial charge in [0.25, 0.3) is 5.91 Å². The summed E-state index contributed by atoms with van der Waals surface area (Å²) in [5.74, 6) is -0.471. The third-order valence-corrected chi connectivity index (χ3v) is 5.33. The first-order chi connectivity index (χ1) is 11.7. The van der Waals surface area contributed by atoms with E-state index in [-0.39, 0.29) is 23.1 Å². The van der Waals surface area contributed by atoms with Crippen LogP contribution in [0.3, 0.4) is 0 Å². The first-order valence-electron chi connectivity index (χ1n) is 7.31. The Morgan fingerprint density at radius 1 is 1.40 bits per heavy atom. The molecular weight excluding hydrogens is 370 g/mol. The van der Waals surface area contributed by atoms with Crippen LogP contribution in [-0.4, -0.2) is 32.7 Å². The van der Waals surface area contributed by atoms with Gasteiger partial charge < -0.3 is 14.5 Å². The summed E-state index contributed by atoms with van der Waals surface area (Å²) in [5.41, 5.74) is 0.520. The van der Waals surface area contributed by atoms with Crippen LogP contribution in [0.2, 0.25) is 5.02 Å². The first kappa shape index (κ1) is 17.5. The lowest BCUT2D eigenvalue weighted by Gasteiger charge is -2.12. The molecule has 1 atom stereocenters. The topological polar surface area (TPSA) is 103 Å². The normalized spacial score (nSPS) is 18.4. The lowest BCUT2D eigenvalue weighted by Crippen LogP contribution is -2.38. The Kier molecular flexibility index (Phi) is 4.57. The predicted octanol–water partition coefficient (Wildman–Crippen LogP) is 1.56. The number of benzene rings is 1. The van der Waals surface area contributed by atoms with Crippen molar-refractivity contribution in [3.63, 3.8) is 0 Å². The van der Waals surface area contributed by atoms with Crippen molar-refractivity contribution < 1.29 is 22.4 Å². The molecule has 0 saturated heterocycles. The van der Waals surface area contributed by atoms with E-state index < -0.39 is 27.4 Å². The fraction of sp³-hybridized carbons (Fsp3) is 0.250. The average Bonchev–Trinajstić information content (AvgIpc) is 2.85. The molecule has 0 fully saturated rings. The summed E-state index contributed by atoms with van der Waals surface area (Å²) < 4.78 is 33.1. The van der Waals surface area contributed by atoms with Gasteiger partial charge in [-0.05, 0) is 24.6 Å². The van der Waals surface area contributed by atoms with E-state index in [0.29, 0.717) is 16.5 Å². The molecule has 1 amide bonds. The maximum Gasteiger partial charge on any atom is 0.336 e. The maximum absolute atomic E-state index is 11.9. The van der Waals surface area contributed by atoms with Crippen molar-refractivity contribution in [2.24, 2.45) is 0 Å².